The molecule has 4 nitrogen and oxygen atoms in total. The molecule has 0 bridgehead atoms. The number of hydrogen-bond donors (Lipinski definition) is 2. The van der Waals surface area contributed by atoms with Crippen molar-refractivity contribution in [2.45, 2.75) is 50.7 Å². The summed E-state index contributed by atoms with van der Waals surface area (Å²) in [7, 11) is 0. The number of carbonyl (C=O) groups excluding carboxylic acids is 1. The van der Waals surface area contributed by atoms with Crippen molar-refractivity contribution in [1.29, 1.82) is 0 Å². The van der Waals surface area contributed by atoms with Gasteiger partial charge in [-0.1, -0.05) is 12.2 Å². The van der Waals surface area contributed by atoms with E-state index in [1.165, 1.54) is 12.8 Å². The quantitative estimate of drug-likeness (QED) is 0.736. The van der Waals surface area contributed by atoms with Crippen molar-refractivity contribution in [3.63, 3.8) is 0 Å². The largest absolute Gasteiger partial charge is 0.378 e. The van der Waals surface area contributed by atoms with E-state index in [9.17, 15) is 4.79 Å². The monoisotopic (exact) mass is 238 g/mol. The summed E-state index contributed by atoms with van der Waals surface area (Å²) in [6.07, 6.45) is 11.0. The third kappa shape index (κ3) is 4.38. The first-order valence-corrected chi connectivity index (χ1v) is 6.65. The van der Waals surface area contributed by atoms with Gasteiger partial charge in [0.15, 0.2) is 0 Å². The summed E-state index contributed by atoms with van der Waals surface area (Å²) in [5, 5.41) is 5.86. The molecule has 96 valence electrons. The van der Waals surface area contributed by atoms with Crippen molar-refractivity contribution < 1.29 is 9.53 Å². The lowest BCUT2D eigenvalue weighted by Crippen LogP contribution is -2.42. The second kappa shape index (κ2) is 6.64. The van der Waals surface area contributed by atoms with Crippen LogP contribution in [0.25, 0.3) is 0 Å². The van der Waals surface area contributed by atoms with E-state index in [0.29, 0.717) is 18.7 Å². The molecule has 2 rings (SSSR count). The molecule has 1 fully saturated rings. The molecule has 1 heterocycles. The highest BCUT2D eigenvalue weighted by Gasteiger charge is 2.15. The van der Waals surface area contributed by atoms with E-state index in [1.54, 1.807) is 0 Å². The number of ether oxygens (including phenoxy) is 1. The third-order valence-electron chi connectivity index (χ3n) is 3.37. The molecular formula is C13H22N2O2. The number of nitrogens with one attached hydrogen (secondary N) is 2. The lowest BCUT2D eigenvalue weighted by atomic mass is 10.1. The van der Waals surface area contributed by atoms with Gasteiger partial charge < -0.3 is 15.4 Å². The first-order valence-electron chi connectivity index (χ1n) is 6.65. The molecule has 0 aromatic rings. The van der Waals surface area contributed by atoms with Gasteiger partial charge >= 0.3 is 6.03 Å². The summed E-state index contributed by atoms with van der Waals surface area (Å²) in [4.78, 5) is 11.5. The van der Waals surface area contributed by atoms with Gasteiger partial charge in [0.25, 0.3) is 0 Å². The fourth-order valence-electron chi connectivity index (χ4n) is 2.35. The Bertz CT molecular complexity index is 265. The second-order valence-electron chi connectivity index (χ2n) is 4.82. The zero-order chi connectivity index (χ0) is 11.9. The Morgan fingerprint density at radius 3 is 2.82 bits per heavy atom. The Balaban J connectivity index is 1.53. The molecule has 1 aliphatic carbocycles. The van der Waals surface area contributed by atoms with Crippen LogP contribution in [0.1, 0.15) is 38.5 Å². The number of amides is 2. The van der Waals surface area contributed by atoms with E-state index in [0.717, 1.165) is 32.3 Å². The molecule has 4 heteroatoms. The predicted octanol–water partition coefficient (Wildman–Crippen LogP) is 1.96. The third-order valence-corrected chi connectivity index (χ3v) is 3.37. The van der Waals surface area contributed by atoms with E-state index >= 15 is 0 Å². The highest BCUT2D eigenvalue weighted by Crippen LogP contribution is 2.14. The fraction of sp³-hybridized carbons (Fsp3) is 0.769. The van der Waals surface area contributed by atoms with Crippen molar-refractivity contribution in [1.82, 2.24) is 10.6 Å². The van der Waals surface area contributed by atoms with E-state index in [2.05, 4.69) is 22.8 Å². The highest BCUT2D eigenvalue weighted by atomic mass is 16.5. The summed E-state index contributed by atoms with van der Waals surface area (Å²) in [5.74, 6) is 0. The molecule has 0 saturated carbocycles. The van der Waals surface area contributed by atoms with Crippen LogP contribution in [0.4, 0.5) is 4.79 Å². The van der Waals surface area contributed by atoms with Crippen LogP contribution in [0, 0.1) is 0 Å². The van der Waals surface area contributed by atoms with Gasteiger partial charge in [-0.05, 0) is 38.5 Å². The number of carbonyl (C=O) groups is 1. The summed E-state index contributed by atoms with van der Waals surface area (Å²) in [6.45, 7) is 1.58. The van der Waals surface area contributed by atoms with Crippen LogP contribution in [0.5, 0.6) is 0 Å². The molecule has 0 aromatic heterocycles. The molecule has 0 radical (unpaired) electrons. The Morgan fingerprint density at radius 1 is 1.29 bits per heavy atom. The second-order valence-corrected chi connectivity index (χ2v) is 4.82. The Morgan fingerprint density at radius 2 is 2.12 bits per heavy atom. The lowest BCUT2D eigenvalue weighted by Gasteiger charge is -2.22. The SMILES string of the molecule is O=C(NCC[C@@H]1CCCCO1)NC1CC=CC1. The summed E-state index contributed by atoms with van der Waals surface area (Å²) >= 11 is 0. The van der Waals surface area contributed by atoms with Crippen molar-refractivity contribution in [2.24, 2.45) is 0 Å². The number of rotatable bonds is 4. The van der Waals surface area contributed by atoms with Crippen LogP contribution in [0.15, 0.2) is 12.2 Å². The molecule has 17 heavy (non-hydrogen) atoms. The smallest absolute Gasteiger partial charge is 0.315 e. The standard InChI is InChI=1S/C13H22N2O2/c16-13(15-11-5-1-2-6-11)14-9-8-12-7-3-4-10-17-12/h1-2,11-12H,3-10H2,(H2,14,15,16)/t12-/m0/s1. The highest BCUT2D eigenvalue weighted by molar-refractivity contribution is 5.74. The minimum absolute atomic E-state index is 0.0468. The van der Waals surface area contributed by atoms with Crippen LogP contribution in [-0.4, -0.2) is 31.3 Å². The maximum Gasteiger partial charge on any atom is 0.315 e. The normalized spacial score (nSPS) is 24.8. The number of urea groups is 1. The molecular weight excluding hydrogens is 216 g/mol. The molecule has 1 saturated heterocycles. The first kappa shape index (κ1) is 12.4. The molecule has 1 atom stereocenters. The molecule has 0 spiro atoms. The van der Waals surface area contributed by atoms with Gasteiger partial charge in [-0.3, -0.25) is 0 Å². The maximum absolute atomic E-state index is 11.5. The average Bonchev–Trinajstić information content (AvgIpc) is 2.83. The van der Waals surface area contributed by atoms with Gasteiger partial charge in [-0.15, -0.1) is 0 Å². The van der Waals surface area contributed by atoms with E-state index in [1.807, 2.05) is 0 Å². The van der Waals surface area contributed by atoms with Crippen LogP contribution < -0.4 is 10.6 Å². The molecule has 2 amide bonds. The van der Waals surface area contributed by atoms with Crippen LogP contribution in [0.3, 0.4) is 0 Å². The maximum atomic E-state index is 11.5. The fourth-order valence-corrected chi connectivity index (χ4v) is 2.35. The van der Waals surface area contributed by atoms with Crippen molar-refractivity contribution in [2.75, 3.05) is 13.2 Å². The lowest BCUT2D eigenvalue weighted by molar-refractivity contribution is 0.0120. The first-order chi connectivity index (χ1) is 8.34. The van der Waals surface area contributed by atoms with Crippen molar-refractivity contribution in [3.05, 3.63) is 12.2 Å². The van der Waals surface area contributed by atoms with Crippen molar-refractivity contribution >= 4 is 6.03 Å². The van der Waals surface area contributed by atoms with Crippen LogP contribution in [-0.2, 0) is 4.74 Å². The van der Waals surface area contributed by atoms with Crippen LogP contribution in [0.2, 0.25) is 0 Å². The van der Waals surface area contributed by atoms with Gasteiger partial charge in [0, 0.05) is 19.2 Å². The Kier molecular flexibility index (Phi) is 4.86. The Hall–Kier alpha value is -1.03. The minimum atomic E-state index is -0.0468. The predicted molar refractivity (Wildman–Crippen MR) is 66.9 cm³/mol. The van der Waals surface area contributed by atoms with E-state index in [4.69, 9.17) is 4.74 Å². The van der Waals surface area contributed by atoms with Gasteiger partial charge in [-0.2, -0.15) is 0 Å². The summed E-state index contributed by atoms with van der Waals surface area (Å²) in [6, 6.07) is 0.246. The van der Waals surface area contributed by atoms with Gasteiger partial charge in [0.05, 0.1) is 6.10 Å². The molecule has 0 aromatic carbocycles. The van der Waals surface area contributed by atoms with Gasteiger partial charge in [-0.25, -0.2) is 4.79 Å². The molecule has 2 aliphatic rings. The van der Waals surface area contributed by atoms with Gasteiger partial charge in [0.2, 0.25) is 0 Å². The molecule has 0 unspecified atom stereocenters. The Labute approximate surface area is 103 Å². The van der Waals surface area contributed by atoms with Crippen LogP contribution >= 0.6 is 0 Å². The van der Waals surface area contributed by atoms with E-state index < -0.39 is 0 Å². The molecule has 1 aliphatic heterocycles. The number of hydrogen-bond acceptors (Lipinski definition) is 2. The van der Waals surface area contributed by atoms with Crippen molar-refractivity contribution in [3.8, 4) is 0 Å². The summed E-state index contributed by atoms with van der Waals surface area (Å²) in [5.41, 5.74) is 0. The zero-order valence-electron chi connectivity index (χ0n) is 10.3. The topological polar surface area (TPSA) is 50.4 Å². The van der Waals surface area contributed by atoms with E-state index in [-0.39, 0.29) is 6.03 Å². The zero-order valence-corrected chi connectivity index (χ0v) is 10.3. The van der Waals surface area contributed by atoms with Gasteiger partial charge in [0.1, 0.15) is 0 Å². The minimum Gasteiger partial charge on any atom is -0.378 e. The summed E-state index contributed by atoms with van der Waals surface area (Å²) < 4.78 is 5.61. The molecule has 2 N–H and O–H groups in total. The average molecular weight is 238 g/mol.